The first-order chi connectivity index (χ1) is 14.1. The SMILES string of the molecule is CC(C)(C)Nc1c2ccccc2c(-c2nnnn2C(C)(C)C)n1Cc1ccccc1. The van der Waals surface area contributed by atoms with Crippen molar-refractivity contribution in [1.82, 2.24) is 24.8 Å². The zero-order chi connectivity index (χ0) is 21.5. The predicted octanol–water partition coefficient (Wildman–Crippen LogP) is 5.31. The van der Waals surface area contributed by atoms with Gasteiger partial charge in [0.05, 0.1) is 11.2 Å². The van der Waals surface area contributed by atoms with Gasteiger partial charge >= 0.3 is 0 Å². The van der Waals surface area contributed by atoms with Crippen LogP contribution in [0.15, 0.2) is 54.6 Å². The van der Waals surface area contributed by atoms with Gasteiger partial charge in [-0.05, 0) is 57.5 Å². The maximum Gasteiger partial charge on any atom is 0.199 e. The van der Waals surface area contributed by atoms with Crippen LogP contribution in [0.1, 0.15) is 47.1 Å². The number of hydrogen-bond acceptors (Lipinski definition) is 4. The second kappa shape index (κ2) is 7.27. The van der Waals surface area contributed by atoms with E-state index in [1.165, 1.54) is 10.9 Å². The second-order valence-electron chi connectivity index (χ2n) is 9.77. The summed E-state index contributed by atoms with van der Waals surface area (Å²) in [7, 11) is 0. The molecule has 0 aliphatic carbocycles. The molecule has 0 unspecified atom stereocenters. The minimum absolute atomic E-state index is 0.0945. The van der Waals surface area contributed by atoms with Crippen LogP contribution in [0, 0.1) is 0 Å². The number of hydrogen-bond donors (Lipinski definition) is 1. The van der Waals surface area contributed by atoms with E-state index in [1.807, 2.05) is 10.7 Å². The van der Waals surface area contributed by atoms with E-state index in [0.717, 1.165) is 29.3 Å². The van der Waals surface area contributed by atoms with Gasteiger partial charge < -0.3 is 9.88 Å². The molecule has 0 radical (unpaired) electrons. The molecular weight excluding hydrogens is 372 g/mol. The first-order valence-corrected chi connectivity index (χ1v) is 10.4. The van der Waals surface area contributed by atoms with Crippen molar-refractivity contribution in [3.8, 4) is 11.5 Å². The Morgan fingerprint density at radius 1 is 0.833 bits per heavy atom. The normalized spacial score (nSPS) is 12.5. The van der Waals surface area contributed by atoms with Crippen LogP contribution in [0.2, 0.25) is 0 Å². The lowest BCUT2D eigenvalue weighted by atomic mass is 10.1. The summed E-state index contributed by atoms with van der Waals surface area (Å²) in [6.45, 7) is 13.6. The van der Waals surface area contributed by atoms with Crippen molar-refractivity contribution in [2.75, 3.05) is 5.32 Å². The highest BCUT2D eigenvalue weighted by Gasteiger charge is 2.28. The smallest absolute Gasteiger partial charge is 0.199 e. The molecule has 0 bridgehead atoms. The third kappa shape index (κ3) is 3.82. The fourth-order valence-electron chi connectivity index (χ4n) is 3.74. The summed E-state index contributed by atoms with van der Waals surface area (Å²) in [5.41, 5.74) is 1.93. The molecule has 0 aliphatic heterocycles. The minimum Gasteiger partial charge on any atom is -0.366 e. The lowest BCUT2D eigenvalue weighted by Gasteiger charge is -2.25. The van der Waals surface area contributed by atoms with Gasteiger partial charge in [0.1, 0.15) is 5.82 Å². The molecule has 2 aromatic carbocycles. The van der Waals surface area contributed by atoms with Crippen molar-refractivity contribution in [3.05, 3.63) is 60.2 Å². The van der Waals surface area contributed by atoms with Crippen LogP contribution in [0.25, 0.3) is 22.3 Å². The average molecular weight is 403 g/mol. The number of rotatable bonds is 4. The number of fused-ring (bicyclic) bond motifs is 1. The molecule has 1 N–H and O–H groups in total. The van der Waals surface area contributed by atoms with E-state index in [0.29, 0.717) is 0 Å². The lowest BCUT2D eigenvalue weighted by Crippen LogP contribution is -2.28. The van der Waals surface area contributed by atoms with Crippen LogP contribution < -0.4 is 5.32 Å². The van der Waals surface area contributed by atoms with Crippen LogP contribution in [0.5, 0.6) is 0 Å². The summed E-state index contributed by atoms with van der Waals surface area (Å²) in [5.74, 6) is 1.86. The number of aromatic nitrogens is 5. The zero-order valence-corrected chi connectivity index (χ0v) is 18.6. The van der Waals surface area contributed by atoms with Crippen molar-refractivity contribution in [1.29, 1.82) is 0 Å². The van der Waals surface area contributed by atoms with Gasteiger partial charge in [-0.15, -0.1) is 5.10 Å². The number of nitrogens with zero attached hydrogens (tertiary/aromatic N) is 5. The Balaban J connectivity index is 2.04. The van der Waals surface area contributed by atoms with Crippen LogP contribution in [0.3, 0.4) is 0 Å². The molecule has 0 amide bonds. The molecule has 4 rings (SSSR count). The highest BCUT2D eigenvalue weighted by atomic mass is 15.6. The molecule has 4 aromatic rings. The van der Waals surface area contributed by atoms with Gasteiger partial charge in [0.2, 0.25) is 0 Å². The third-order valence-corrected chi connectivity index (χ3v) is 4.97. The summed E-state index contributed by atoms with van der Waals surface area (Å²) in [6.07, 6.45) is 0. The van der Waals surface area contributed by atoms with Crippen molar-refractivity contribution in [2.24, 2.45) is 0 Å². The van der Waals surface area contributed by atoms with Crippen molar-refractivity contribution < 1.29 is 0 Å². The Kier molecular flexibility index (Phi) is 4.88. The Morgan fingerprint density at radius 2 is 1.47 bits per heavy atom. The van der Waals surface area contributed by atoms with E-state index >= 15 is 0 Å². The molecule has 0 spiro atoms. The fourth-order valence-corrected chi connectivity index (χ4v) is 3.74. The maximum atomic E-state index is 4.47. The van der Waals surface area contributed by atoms with E-state index in [2.05, 4.69) is 115 Å². The van der Waals surface area contributed by atoms with Crippen molar-refractivity contribution >= 4 is 16.6 Å². The molecule has 0 saturated heterocycles. The number of anilines is 1. The summed E-state index contributed by atoms with van der Waals surface area (Å²) in [4.78, 5) is 0. The van der Waals surface area contributed by atoms with Crippen LogP contribution in [0.4, 0.5) is 5.82 Å². The van der Waals surface area contributed by atoms with Crippen LogP contribution in [-0.4, -0.2) is 30.3 Å². The zero-order valence-electron chi connectivity index (χ0n) is 18.6. The van der Waals surface area contributed by atoms with Gasteiger partial charge in [-0.25, -0.2) is 4.68 Å². The maximum absolute atomic E-state index is 4.47. The topological polar surface area (TPSA) is 60.6 Å². The van der Waals surface area contributed by atoms with Gasteiger partial charge in [-0.2, -0.15) is 0 Å². The quantitative estimate of drug-likeness (QED) is 0.503. The molecule has 0 atom stereocenters. The Morgan fingerprint density at radius 3 is 2.10 bits per heavy atom. The van der Waals surface area contributed by atoms with Gasteiger partial charge in [0.25, 0.3) is 0 Å². The van der Waals surface area contributed by atoms with Crippen molar-refractivity contribution in [2.45, 2.75) is 59.2 Å². The fraction of sp³-hybridized carbons (Fsp3) is 0.375. The summed E-state index contributed by atoms with van der Waals surface area (Å²) < 4.78 is 4.23. The molecule has 2 heterocycles. The molecule has 6 heteroatoms. The van der Waals surface area contributed by atoms with E-state index in [-0.39, 0.29) is 11.1 Å². The molecule has 30 heavy (non-hydrogen) atoms. The molecule has 6 nitrogen and oxygen atoms in total. The molecular formula is C24H30N6. The highest BCUT2D eigenvalue weighted by Crippen LogP contribution is 2.39. The standard InChI is InChI=1S/C24H30N6/c1-23(2,3)25-21-19-15-11-10-14-18(19)20(22-26-27-28-30(22)24(4,5)6)29(21)16-17-12-8-7-9-13-17/h7-15,25H,16H2,1-6H3. The van der Waals surface area contributed by atoms with Crippen LogP contribution >= 0.6 is 0 Å². The number of tetrazole rings is 1. The van der Waals surface area contributed by atoms with Gasteiger partial charge in [-0.3, -0.25) is 0 Å². The van der Waals surface area contributed by atoms with E-state index in [4.69, 9.17) is 0 Å². The summed E-state index contributed by atoms with van der Waals surface area (Å²) in [6, 6.07) is 19.0. The van der Waals surface area contributed by atoms with E-state index in [9.17, 15) is 0 Å². The second-order valence-corrected chi connectivity index (χ2v) is 9.77. The van der Waals surface area contributed by atoms with E-state index in [1.54, 1.807) is 0 Å². The first-order valence-electron chi connectivity index (χ1n) is 10.4. The predicted molar refractivity (Wildman–Crippen MR) is 123 cm³/mol. The van der Waals surface area contributed by atoms with Gasteiger partial charge in [0.15, 0.2) is 5.82 Å². The molecule has 156 valence electrons. The molecule has 0 saturated carbocycles. The van der Waals surface area contributed by atoms with Gasteiger partial charge in [-0.1, -0.05) is 54.6 Å². The molecule has 0 fully saturated rings. The van der Waals surface area contributed by atoms with Gasteiger partial charge in [0, 0.05) is 22.9 Å². The first kappa shape index (κ1) is 20.1. The number of benzene rings is 2. The third-order valence-electron chi connectivity index (χ3n) is 4.97. The average Bonchev–Trinajstić information content (AvgIpc) is 3.25. The Hall–Kier alpha value is -3.15. The summed E-state index contributed by atoms with van der Waals surface area (Å²) in [5, 5.41) is 18.9. The van der Waals surface area contributed by atoms with Crippen molar-refractivity contribution in [3.63, 3.8) is 0 Å². The Bertz CT molecular complexity index is 1160. The molecule has 2 aromatic heterocycles. The van der Waals surface area contributed by atoms with Crippen LogP contribution in [-0.2, 0) is 12.1 Å². The number of nitrogens with one attached hydrogen (secondary N) is 1. The Labute approximate surface area is 177 Å². The minimum atomic E-state index is -0.237. The lowest BCUT2D eigenvalue weighted by molar-refractivity contribution is 0.350. The molecule has 0 aliphatic rings. The van der Waals surface area contributed by atoms with E-state index < -0.39 is 0 Å². The highest BCUT2D eigenvalue weighted by molar-refractivity contribution is 6.03. The largest absolute Gasteiger partial charge is 0.366 e. The summed E-state index contributed by atoms with van der Waals surface area (Å²) >= 11 is 0. The monoisotopic (exact) mass is 402 g/mol.